The van der Waals surface area contributed by atoms with Gasteiger partial charge in [-0.2, -0.15) is 0 Å². The van der Waals surface area contributed by atoms with Gasteiger partial charge in [0.25, 0.3) is 0 Å². The van der Waals surface area contributed by atoms with Gasteiger partial charge in [0.2, 0.25) is 0 Å². The summed E-state index contributed by atoms with van der Waals surface area (Å²) < 4.78 is 39.0. The van der Waals surface area contributed by atoms with Crippen molar-refractivity contribution >= 4 is 10.3 Å². The summed E-state index contributed by atoms with van der Waals surface area (Å²) in [5.74, 6) is 0. The third-order valence-electron chi connectivity index (χ3n) is 13.9. The first-order valence-electron chi connectivity index (χ1n) is 19.3. The maximum atomic E-state index is 12.5. The maximum absolute atomic E-state index is 12.5. The monoisotopic (exact) mass is 661 g/mol. The van der Waals surface area contributed by atoms with Gasteiger partial charge in [-0.1, -0.05) is 0 Å². The molecule has 0 spiro atoms. The number of hydrogen-bond acceptors (Lipinski definition) is 10. The summed E-state index contributed by atoms with van der Waals surface area (Å²) in [6.45, 7) is 4.47. The molecular weight excluding hydrogens is 600 g/mol. The summed E-state index contributed by atoms with van der Waals surface area (Å²) in [4.78, 5) is 0. The second-order valence-electron chi connectivity index (χ2n) is 16.8. The Morgan fingerprint density at radius 3 is 0.935 bits per heavy atom. The topological polar surface area (TPSA) is 145 Å². The summed E-state index contributed by atoms with van der Waals surface area (Å²) in [5.41, 5.74) is 0. The van der Waals surface area contributed by atoms with Crippen molar-refractivity contribution in [2.45, 2.75) is 213 Å². The van der Waals surface area contributed by atoms with Gasteiger partial charge in [0, 0.05) is 96.7 Å². The van der Waals surface area contributed by atoms with Crippen molar-refractivity contribution in [3.05, 3.63) is 0 Å². The number of nitrogens with one attached hydrogen (secondary N) is 7. The van der Waals surface area contributed by atoms with Crippen molar-refractivity contribution < 1.29 is 13.0 Å². The van der Waals surface area contributed by atoms with Gasteiger partial charge in [0.15, 0.2) is 10.3 Å². The van der Waals surface area contributed by atoms with Crippen LogP contribution in [0.5, 0.6) is 0 Å². The highest BCUT2D eigenvalue weighted by molar-refractivity contribution is 7.83. The number of rotatable bonds is 8. The summed E-state index contributed by atoms with van der Waals surface area (Å²) in [6.07, 6.45) is 18.2. The van der Waals surface area contributed by atoms with E-state index < -0.39 is 10.3 Å². The van der Waals surface area contributed by atoms with Gasteiger partial charge in [-0.05, 0) is 117 Å². The summed E-state index contributed by atoms with van der Waals surface area (Å²) >= 11 is 0. The predicted molar refractivity (Wildman–Crippen MR) is 179 cm³/mol. The Bertz CT molecular complexity index is 1180. The molecule has 16 unspecified atom stereocenters. The quantitative estimate of drug-likeness (QED) is 0.189. The zero-order valence-electron chi connectivity index (χ0n) is 28.1. The second kappa shape index (κ2) is 13.4. The molecule has 8 rings (SSSR count). The van der Waals surface area contributed by atoms with Crippen LogP contribution in [0.1, 0.15) is 117 Å². The lowest BCUT2D eigenvalue weighted by Crippen LogP contribution is -2.56. The lowest BCUT2D eigenvalue weighted by molar-refractivity contribution is 0.216. The van der Waals surface area contributed by atoms with E-state index in [0.29, 0.717) is 72.5 Å². The molecule has 0 radical (unpaired) electrons. The van der Waals surface area contributed by atoms with Gasteiger partial charge in [-0.3, -0.25) is 0 Å². The molecule has 0 saturated carbocycles. The molecule has 16 atom stereocenters. The van der Waals surface area contributed by atoms with E-state index in [-0.39, 0.29) is 24.2 Å². The number of nitrogens with zero attached hydrogens (tertiary/aromatic N) is 1. The molecule has 0 aromatic rings. The van der Waals surface area contributed by atoms with E-state index in [0.717, 1.165) is 44.9 Å². The molecule has 0 aliphatic carbocycles. The average Bonchev–Trinajstić information content (AvgIpc) is 3.86. The SMILES string of the molecule is CC1CCC(C2CCC(C3CCC(C4CCC(C5CCC(C6CCC(C7CCC(C8CCC(C)N8)N7S(=O)(=O)[O-])N6)N5)N4)N3)N2)N1. The molecule has 262 valence electrons. The Morgan fingerprint density at radius 2 is 0.630 bits per heavy atom. The molecule has 0 aromatic heterocycles. The second-order valence-corrected chi connectivity index (χ2v) is 18.1. The van der Waals surface area contributed by atoms with Gasteiger partial charge < -0.3 is 41.8 Å². The van der Waals surface area contributed by atoms with Crippen molar-refractivity contribution in [3.63, 3.8) is 0 Å². The molecule has 8 saturated heterocycles. The first-order valence-corrected chi connectivity index (χ1v) is 20.6. The zero-order valence-corrected chi connectivity index (χ0v) is 28.9. The van der Waals surface area contributed by atoms with Crippen LogP contribution in [0.4, 0.5) is 0 Å². The standard InChI is InChI=1S/C34H62N8O3S/c1-19-3-5-21(35-19)22-7-8-23(37-22)24-9-10-25(38-24)26-11-12-27(39-26)28-13-14-29(40-28)30-15-16-32(41-30)34-18-17-33(42(34)46(43,44)45)31-6-4-20(2)36-31/h19-41H,3-18H2,1-2H3,(H,43,44,45)/p-1. The van der Waals surface area contributed by atoms with Crippen molar-refractivity contribution in [1.82, 2.24) is 41.5 Å². The van der Waals surface area contributed by atoms with Crippen molar-refractivity contribution in [1.29, 1.82) is 0 Å². The minimum atomic E-state index is -4.51. The van der Waals surface area contributed by atoms with Gasteiger partial charge in [0.05, 0.1) is 0 Å². The largest absolute Gasteiger partial charge is 0.735 e. The third-order valence-corrected chi connectivity index (χ3v) is 15.0. The van der Waals surface area contributed by atoms with E-state index in [9.17, 15) is 13.0 Å². The molecule has 7 N–H and O–H groups in total. The molecule has 8 aliphatic heterocycles. The van der Waals surface area contributed by atoms with Crippen molar-refractivity contribution in [2.75, 3.05) is 0 Å². The molecule has 11 nitrogen and oxygen atoms in total. The smallest absolute Gasteiger partial charge is 0.162 e. The molecular formula is C34H61N8O3S-. The average molecular weight is 662 g/mol. The highest BCUT2D eigenvalue weighted by Gasteiger charge is 2.49. The van der Waals surface area contributed by atoms with Crippen molar-refractivity contribution in [2.24, 2.45) is 0 Å². The van der Waals surface area contributed by atoms with E-state index in [1.165, 1.54) is 62.1 Å². The molecule has 8 aliphatic rings. The molecule has 0 aromatic carbocycles. The van der Waals surface area contributed by atoms with Crippen LogP contribution < -0.4 is 37.2 Å². The molecule has 0 amide bonds. The van der Waals surface area contributed by atoms with E-state index in [4.69, 9.17) is 0 Å². The predicted octanol–water partition coefficient (Wildman–Crippen LogP) is 1.16. The van der Waals surface area contributed by atoms with E-state index in [1.54, 1.807) is 0 Å². The Hall–Kier alpha value is -0.410. The molecule has 0 bridgehead atoms. The van der Waals surface area contributed by atoms with Crippen LogP contribution in [0.2, 0.25) is 0 Å². The summed E-state index contributed by atoms with van der Waals surface area (Å²) in [6, 6.07) is 6.22. The van der Waals surface area contributed by atoms with E-state index in [2.05, 4.69) is 51.1 Å². The van der Waals surface area contributed by atoms with Crippen LogP contribution in [0.25, 0.3) is 0 Å². The van der Waals surface area contributed by atoms with Crippen LogP contribution in [-0.4, -0.2) is 114 Å². The normalized spacial score (nSPS) is 52.1. The molecule has 8 heterocycles. The summed E-state index contributed by atoms with van der Waals surface area (Å²) in [5, 5.41) is 27.4. The molecule has 8 fully saturated rings. The summed E-state index contributed by atoms with van der Waals surface area (Å²) in [7, 11) is -4.51. The highest BCUT2D eigenvalue weighted by atomic mass is 32.2. The van der Waals surface area contributed by atoms with Crippen LogP contribution in [0.15, 0.2) is 0 Å². The van der Waals surface area contributed by atoms with Gasteiger partial charge in [-0.25, -0.2) is 12.7 Å². The van der Waals surface area contributed by atoms with Crippen LogP contribution in [0, 0.1) is 0 Å². The van der Waals surface area contributed by atoms with Crippen LogP contribution in [0.3, 0.4) is 0 Å². The minimum Gasteiger partial charge on any atom is -0.735 e. The zero-order chi connectivity index (χ0) is 31.6. The third kappa shape index (κ3) is 6.58. The maximum Gasteiger partial charge on any atom is 0.162 e. The van der Waals surface area contributed by atoms with E-state index in [1.807, 2.05) is 0 Å². The number of hydrogen-bond donors (Lipinski definition) is 7. The molecule has 46 heavy (non-hydrogen) atoms. The Labute approximate surface area is 277 Å². The Kier molecular flexibility index (Phi) is 9.53. The first-order chi connectivity index (χ1) is 22.2. The van der Waals surface area contributed by atoms with Crippen LogP contribution in [-0.2, 0) is 10.3 Å². The highest BCUT2D eigenvalue weighted by Crippen LogP contribution is 2.38. The molecule has 12 heteroatoms. The van der Waals surface area contributed by atoms with Crippen LogP contribution >= 0.6 is 0 Å². The van der Waals surface area contributed by atoms with Gasteiger partial charge in [-0.15, -0.1) is 0 Å². The fourth-order valence-electron chi connectivity index (χ4n) is 11.6. The van der Waals surface area contributed by atoms with Gasteiger partial charge >= 0.3 is 0 Å². The Morgan fingerprint density at radius 1 is 0.391 bits per heavy atom. The Balaban J connectivity index is 0.800. The lowest BCUT2D eigenvalue weighted by Gasteiger charge is -2.37. The fraction of sp³-hybridized carbons (Fsp3) is 1.00. The lowest BCUT2D eigenvalue weighted by atomic mass is 10.0. The fourth-order valence-corrected chi connectivity index (χ4v) is 12.8. The van der Waals surface area contributed by atoms with E-state index >= 15 is 0 Å². The first kappa shape index (κ1) is 32.8. The minimum absolute atomic E-state index is 0.0661. The van der Waals surface area contributed by atoms with Gasteiger partial charge in [0.1, 0.15) is 0 Å². The van der Waals surface area contributed by atoms with Crippen molar-refractivity contribution in [3.8, 4) is 0 Å².